The second kappa shape index (κ2) is 7.78. The summed E-state index contributed by atoms with van der Waals surface area (Å²) >= 11 is 0. The highest BCUT2D eigenvalue weighted by atomic mass is 16.5. The molecule has 6 heteroatoms. The maximum absolute atomic E-state index is 13.0. The topological polar surface area (TPSA) is 83.0 Å². The van der Waals surface area contributed by atoms with Crippen LogP contribution in [0.1, 0.15) is 41.8 Å². The third-order valence-electron chi connectivity index (χ3n) is 5.65. The molecule has 0 aliphatic rings. The number of esters is 1. The summed E-state index contributed by atoms with van der Waals surface area (Å²) in [6.45, 7) is 8.55. The number of aryl methyl sites for hydroxylation is 2. The number of benzene rings is 2. The molecule has 2 aromatic heterocycles. The Labute approximate surface area is 175 Å². The molecule has 2 N–H and O–H groups in total. The molecule has 0 unspecified atom stereocenters. The first-order chi connectivity index (χ1) is 14.4. The molecule has 6 nitrogen and oxygen atoms in total. The molecule has 30 heavy (non-hydrogen) atoms. The Kier molecular flexibility index (Phi) is 5.16. The molecule has 0 spiro atoms. The Hall–Kier alpha value is -3.41. The molecule has 0 fully saturated rings. The van der Waals surface area contributed by atoms with Crippen LogP contribution in [0.2, 0.25) is 0 Å². The number of aromatic nitrogens is 3. The van der Waals surface area contributed by atoms with Gasteiger partial charge in [-0.3, -0.25) is 4.57 Å². The van der Waals surface area contributed by atoms with Gasteiger partial charge in [0, 0.05) is 5.69 Å². The molecular weight excluding hydrogens is 376 g/mol. The number of carbonyl (C=O) groups excluding carboxylic acids is 1. The number of nitrogens with zero attached hydrogens (tertiary/aromatic N) is 3. The summed E-state index contributed by atoms with van der Waals surface area (Å²) in [7, 11) is 0. The third-order valence-corrected chi connectivity index (χ3v) is 5.65. The van der Waals surface area contributed by atoms with Crippen molar-refractivity contribution < 1.29 is 9.53 Å². The molecule has 0 radical (unpaired) electrons. The summed E-state index contributed by atoms with van der Waals surface area (Å²) in [4.78, 5) is 22.5. The van der Waals surface area contributed by atoms with E-state index in [4.69, 9.17) is 20.4 Å². The van der Waals surface area contributed by atoms with Crippen molar-refractivity contribution in [2.24, 2.45) is 5.92 Å². The van der Waals surface area contributed by atoms with Gasteiger partial charge in [0.15, 0.2) is 5.65 Å². The van der Waals surface area contributed by atoms with Crippen molar-refractivity contribution in [3.05, 3.63) is 59.2 Å². The first kappa shape index (κ1) is 19.9. The molecule has 4 rings (SSSR count). The maximum atomic E-state index is 13.0. The van der Waals surface area contributed by atoms with Crippen molar-refractivity contribution in [1.29, 1.82) is 0 Å². The molecule has 2 aromatic carbocycles. The van der Waals surface area contributed by atoms with Crippen molar-refractivity contribution in [1.82, 2.24) is 14.5 Å². The molecule has 0 bridgehead atoms. The van der Waals surface area contributed by atoms with E-state index in [0.717, 1.165) is 23.2 Å². The average Bonchev–Trinajstić information content (AvgIpc) is 3.02. The number of para-hydroxylation sites is 2. The van der Waals surface area contributed by atoms with Crippen LogP contribution in [0.5, 0.6) is 0 Å². The van der Waals surface area contributed by atoms with E-state index in [0.29, 0.717) is 23.3 Å². The van der Waals surface area contributed by atoms with Gasteiger partial charge in [-0.05, 0) is 55.2 Å². The van der Waals surface area contributed by atoms with Crippen LogP contribution in [0.4, 0.5) is 5.82 Å². The number of nitrogens with two attached hydrogens (primary N) is 1. The van der Waals surface area contributed by atoms with Gasteiger partial charge in [0.05, 0.1) is 17.6 Å². The highest BCUT2D eigenvalue weighted by molar-refractivity contribution is 6.09. The Morgan fingerprint density at radius 1 is 1.10 bits per heavy atom. The van der Waals surface area contributed by atoms with Crippen molar-refractivity contribution in [3.63, 3.8) is 0 Å². The fourth-order valence-electron chi connectivity index (χ4n) is 3.40. The SMILES string of the molecule is CC[C@H](C)COC(=O)c1c(N)n(-c2ccc(C)c(C)c2)c2nc3ccccc3nc12. The summed E-state index contributed by atoms with van der Waals surface area (Å²) < 4.78 is 7.37. The monoisotopic (exact) mass is 402 g/mol. The molecule has 1 atom stereocenters. The van der Waals surface area contributed by atoms with Crippen LogP contribution in [-0.2, 0) is 4.74 Å². The minimum absolute atomic E-state index is 0.268. The molecule has 4 aromatic rings. The summed E-state index contributed by atoms with van der Waals surface area (Å²) in [5, 5.41) is 0. The van der Waals surface area contributed by atoms with Gasteiger partial charge in [0.2, 0.25) is 0 Å². The Balaban J connectivity index is 1.96. The lowest BCUT2D eigenvalue weighted by atomic mass is 10.1. The zero-order valence-electron chi connectivity index (χ0n) is 17.8. The fraction of sp³-hybridized carbons (Fsp3) is 0.292. The third kappa shape index (κ3) is 3.38. The van der Waals surface area contributed by atoms with Crippen LogP contribution in [0.15, 0.2) is 42.5 Å². The summed E-state index contributed by atoms with van der Waals surface area (Å²) in [6.07, 6.45) is 0.928. The van der Waals surface area contributed by atoms with E-state index >= 15 is 0 Å². The molecule has 0 amide bonds. The number of hydrogen-bond donors (Lipinski definition) is 1. The lowest BCUT2D eigenvalue weighted by Crippen LogP contribution is -2.13. The quantitative estimate of drug-likeness (QED) is 0.476. The van der Waals surface area contributed by atoms with Crippen molar-refractivity contribution >= 4 is 34.0 Å². The van der Waals surface area contributed by atoms with Gasteiger partial charge in [-0.15, -0.1) is 0 Å². The number of nitrogen functional groups attached to an aromatic ring is 1. The first-order valence-corrected chi connectivity index (χ1v) is 10.2. The van der Waals surface area contributed by atoms with E-state index < -0.39 is 5.97 Å². The maximum Gasteiger partial charge on any atom is 0.344 e. The van der Waals surface area contributed by atoms with Crippen LogP contribution < -0.4 is 5.73 Å². The largest absolute Gasteiger partial charge is 0.462 e. The molecular formula is C24H26N4O2. The van der Waals surface area contributed by atoms with Crippen LogP contribution in [0, 0.1) is 19.8 Å². The second-order valence-electron chi connectivity index (χ2n) is 7.86. The minimum Gasteiger partial charge on any atom is -0.462 e. The van der Waals surface area contributed by atoms with E-state index in [1.807, 2.05) is 56.3 Å². The van der Waals surface area contributed by atoms with Crippen LogP contribution in [-0.4, -0.2) is 27.1 Å². The zero-order chi connectivity index (χ0) is 21.4. The molecule has 0 aliphatic carbocycles. The molecule has 0 saturated heterocycles. The average molecular weight is 402 g/mol. The zero-order valence-corrected chi connectivity index (χ0v) is 17.8. The first-order valence-electron chi connectivity index (χ1n) is 10.2. The molecule has 2 heterocycles. The van der Waals surface area contributed by atoms with Crippen LogP contribution in [0.3, 0.4) is 0 Å². The molecule has 154 valence electrons. The van der Waals surface area contributed by atoms with Gasteiger partial charge < -0.3 is 10.5 Å². The number of fused-ring (bicyclic) bond motifs is 2. The van der Waals surface area contributed by atoms with Gasteiger partial charge >= 0.3 is 5.97 Å². The van der Waals surface area contributed by atoms with Crippen molar-refractivity contribution in [2.45, 2.75) is 34.1 Å². The van der Waals surface area contributed by atoms with Gasteiger partial charge in [-0.2, -0.15) is 0 Å². The van der Waals surface area contributed by atoms with E-state index in [2.05, 4.69) is 13.8 Å². The summed E-state index contributed by atoms with van der Waals surface area (Å²) in [5.41, 5.74) is 12.4. The predicted molar refractivity (Wildman–Crippen MR) is 120 cm³/mol. The minimum atomic E-state index is -0.468. The molecule has 0 aliphatic heterocycles. The van der Waals surface area contributed by atoms with E-state index in [1.54, 1.807) is 4.57 Å². The summed E-state index contributed by atoms with van der Waals surface area (Å²) in [5.74, 6) is 0.0952. The second-order valence-corrected chi connectivity index (χ2v) is 7.86. The van der Waals surface area contributed by atoms with E-state index in [1.165, 1.54) is 5.56 Å². The standard InChI is InChI=1S/C24H26N4O2/c1-5-14(2)13-30-24(29)20-21-23(27-19-9-7-6-8-18(19)26-21)28(22(20)25)17-11-10-15(3)16(4)12-17/h6-12,14H,5,13,25H2,1-4H3/t14-/m0/s1. The van der Waals surface area contributed by atoms with Crippen LogP contribution in [0.25, 0.3) is 27.9 Å². The van der Waals surface area contributed by atoms with Gasteiger partial charge in [-0.25, -0.2) is 14.8 Å². The predicted octanol–water partition coefficient (Wildman–Crippen LogP) is 4.98. The smallest absolute Gasteiger partial charge is 0.344 e. The Morgan fingerprint density at radius 3 is 2.47 bits per heavy atom. The lowest BCUT2D eigenvalue weighted by molar-refractivity contribution is 0.0450. The lowest BCUT2D eigenvalue weighted by Gasteiger charge is -2.11. The number of anilines is 1. The highest BCUT2D eigenvalue weighted by Gasteiger charge is 2.26. The Bertz CT molecular complexity index is 1260. The number of hydrogen-bond acceptors (Lipinski definition) is 5. The summed E-state index contributed by atoms with van der Waals surface area (Å²) in [6, 6.07) is 13.6. The van der Waals surface area contributed by atoms with E-state index in [9.17, 15) is 4.79 Å². The Morgan fingerprint density at radius 2 is 1.80 bits per heavy atom. The van der Waals surface area contributed by atoms with Gasteiger partial charge in [0.1, 0.15) is 16.9 Å². The normalized spacial score (nSPS) is 12.4. The molecule has 0 saturated carbocycles. The number of carbonyl (C=O) groups is 1. The highest BCUT2D eigenvalue weighted by Crippen LogP contribution is 2.32. The number of ether oxygens (including phenoxy) is 1. The van der Waals surface area contributed by atoms with Crippen LogP contribution >= 0.6 is 0 Å². The van der Waals surface area contributed by atoms with Gasteiger partial charge in [0.25, 0.3) is 0 Å². The van der Waals surface area contributed by atoms with E-state index in [-0.39, 0.29) is 17.3 Å². The fourth-order valence-corrected chi connectivity index (χ4v) is 3.40. The number of rotatable bonds is 5. The van der Waals surface area contributed by atoms with Crippen molar-refractivity contribution in [3.8, 4) is 5.69 Å². The van der Waals surface area contributed by atoms with Gasteiger partial charge in [-0.1, -0.05) is 38.5 Å². The van der Waals surface area contributed by atoms with Crippen molar-refractivity contribution in [2.75, 3.05) is 12.3 Å².